The van der Waals surface area contributed by atoms with Crippen LogP contribution >= 0.6 is 0 Å². The Morgan fingerprint density at radius 3 is 2.36 bits per heavy atom. The molecule has 0 aliphatic rings. The molecule has 0 aliphatic carbocycles. The molecule has 0 amide bonds. The number of benzene rings is 1. The average Bonchev–Trinajstić information content (AvgIpc) is 2.68. The van der Waals surface area contributed by atoms with Crippen LogP contribution in [0.25, 0.3) is 5.69 Å². The number of para-hydroxylation sites is 1. The molecule has 0 saturated heterocycles. The molecule has 0 atom stereocenters. The minimum Gasteiger partial charge on any atom is -0.352 e. The fourth-order valence-electron chi connectivity index (χ4n) is 2.23. The number of hydrogen-bond acceptors (Lipinski definition) is 6. The van der Waals surface area contributed by atoms with Gasteiger partial charge >= 0.3 is 0 Å². The molecular formula is C12H14N4O5S. The first-order valence-corrected chi connectivity index (χ1v) is 7.77. The summed E-state index contributed by atoms with van der Waals surface area (Å²) in [5, 5.41) is 2.80. The van der Waals surface area contributed by atoms with Crippen molar-refractivity contribution in [1.82, 2.24) is 9.47 Å². The second-order valence-electron chi connectivity index (χ2n) is 4.67. The van der Waals surface area contributed by atoms with Crippen molar-refractivity contribution in [1.29, 1.82) is 0 Å². The van der Waals surface area contributed by atoms with Gasteiger partial charge in [-0.3, -0.25) is 9.35 Å². The number of aromatic nitrogens is 2. The summed E-state index contributed by atoms with van der Waals surface area (Å²) < 4.78 is 31.9. The van der Waals surface area contributed by atoms with Crippen molar-refractivity contribution in [2.45, 2.75) is 6.92 Å². The van der Waals surface area contributed by atoms with E-state index in [0.717, 1.165) is 14.4 Å². The SMILES string of the molecule is Cc1c(N(C)CS(=O)(=O)O)c(=O)n(-c2ccccc2)n1N=O. The standard InChI is InChI=1S/C12H14N4O5S/c1-9-11(14(2)8-22(19,20)21)12(17)15(16(9)13-18)10-6-4-3-5-7-10/h3-7H,8H2,1-2H3,(H,19,20,21). The van der Waals surface area contributed by atoms with Crippen molar-refractivity contribution in [3.05, 3.63) is 51.3 Å². The van der Waals surface area contributed by atoms with Crippen LogP contribution in [-0.2, 0) is 10.1 Å². The van der Waals surface area contributed by atoms with Gasteiger partial charge < -0.3 is 4.90 Å². The van der Waals surface area contributed by atoms with Crippen LogP contribution in [0.4, 0.5) is 5.69 Å². The van der Waals surface area contributed by atoms with Crippen molar-refractivity contribution in [2.24, 2.45) is 5.29 Å². The predicted octanol–water partition coefficient (Wildman–Crippen LogP) is 0.758. The fourth-order valence-corrected chi connectivity index (χ4v) is 2.85. The largest absolute Gasteiger partial charge is 0.352 e. The maximum atomic E-state index is 12.5. The molecular weight excluding hydrogens is 312 g/mol. The highest BCUT2D eigenvalue weighted by atomic mass is 32.2. The summed E-state index contributed by atoms with van der Waals surface area (Å²) in [7, 11) is -3.00. The molecule has 0 spiro atoms. The van der Waals surface area contributed by atoms with Gasteiger partial charge in [0.05, 0.1) is 16.7 Å². The van der Waals surface area contributed by atoms with Crippen molar-refractivity contribution in [3.63, 3.8) is 0 Å². The van der Waals surface area contributed by atoms with Gasteiger partial charge in [-0.15, -0.1) is 9.70 Å². The van der Waals surface area contributed by atoms with Gasteiger partial charge in [0.2, 0.25) is 0 Å². The number of nitrogens with zero attached hydrogens (tertiary/aromatic N) is 4. The molecule has 118 valence electrons. The molecule has 10 heteroatoms. The zero-order valence-corrected chi connectivity index (χ0v) is 12.7. The van der Waals surface area contributed by atoms with Gasteiger partial charge in [-0.05, 0) is 19.1 Å². The van der Waals surface area contributed by atoms with Crippen molar-refractivity contribution in [2.75, 3.05) is 17.8 Å². The lowest BCUT2D eigenvalue weighted by molar-refractivity contribution is 0.482. The molecule has 1 N–H and O–H groups in total. The lowest BCUT2D eigenvalue weighted by Crippen LogP contribution is -2.30. The Kier molecular flexibility index (Phi) is 4.15. The molecule has 0 aliphatic heterocycles. The van der Waals surface area contributed by atoms with Crippen LogP contribution in [0.15, 0.2) is 40.4 Å². The van der Waals surface area contributed by atoms with E-state index in [1.807, 2.05) is 0 Å². The predicted molar refractivity (Wildman–Crippen MR) is 80.8 cm³/mol. The minimum absolute atomic E-state index is 0.0407. The summed E-state index contributed by atoms with van der Waals surface area (Å²) in [5.41, 5.74) is -0.0905. The van der Waals surface area contributed by atoms with Crippen LogP contribution in [0.5, 0.6) is 0 Å². The van der Waals surface area contributed by atoms with E-state index in [-0.39, 0.29) is 11.4 Å². The van der Waals surface area contributed by atoms with Gasteiger partial charge in [0.15, 0.2) is 0 Å². The van der Waals surface area contributed by atoms with Gasteiger partial charge in [-0.25, -0.2) is 0 Å². The normalized spacial score (nSPS) is 11.4. The van der Waals surface area contributed by atoms with E-state index >= 15 is 0 Å². The number of hydrogen-bond donors (Lipinski definition) is 1. The number of rotatable bonds is 5. The summed E-state index contributed by atoms with van der Waals surface area (Å²) in [6.45, 7) is 1.46. The van der Waals surface area contributed by atoms with Crippen LogP contribution < -0.4 is 10.5 Å². The lowest BCUT2D eigenvalue weighted by Gasteiger charge is -2.14. The topological polar surface area (TPSA) is 114 Å². The maximum absolute atomic E-state index is 12.5. The van der Waals surface area contributed by atoms with Gasteiger partial charge in [-0.2, -0.15) is 13.1 Å². The highest BCUT2D eigenvalue weighted by Gasteiger charge is 2.24. The minimum atomic E-state index is -4.32. The highest BCUT2D eigenvalue weighted by Crippen LogP contribution is 2.18. The van der Waals surface area contributed by atoms with Crippen LogP contribution in [0.3, 0.4) is 0 Å². The quantitative estimate of drug-likeness (QED) is 0.641. The smallest absolute Gasteiger partial charge is 0.297 e. The molecule has 0 saturated carbocycles. The van der Waals surface area contributed by atoms with Gasteiger partial charge in [0.25, 0.3) is 15.7 Å². The molecule has 9 nitrogen and oxygen atoms in total. The first kappa shape index (κ1) is 15.9. The summed E-state index contributed by atoms with van der Waals surface area (Å²) in [5.74, 6) is -0.777. The molecule has 0 unspecified atom stereocenters. The summed E-state index contributed by atoms with van der Waals surface area (Å²) in [4.78, 5) is 25.5. The molecule has 0 bridgehead atoms. The number of nitroso groups, excluding NO2 is 1. The zero-order valence-electron chi connectivity index (χ0n) is 11.9. The van der Waals surface area contributed by atoms with Crippen molar-refractivity contribution < 1.29 is 13.0 Å². The molecule has 22 heavy (non-hydrogen) atoms. The van der Waals surface area contributed by atoms with Crippen molar-refractivity contribution in [3.8, 4) is 5.69 Å². The van der Waals surface area contributed by atoms with Crippen LogP contribution in [0.1, 0.15) is 5.69 Å². The van der Waals surface area contributed by atoms with E-state index in [1.165, 1.54) is 14.0 Å². The zero-order chi connectivity index (χ0) is 16.5. The maximum Gasteiger partial charge on any atom is 0.297 e. The molecule has 1 aromatic carbocycles. The summed E-state index contributed by atoms with van der Waals surface area (Å²) in [6.07, 6.45) is 0. The van der Waals surface area contributed by atoms with Gasteiger partial charge in [0.1, 0.15) is 11.6 Å². The van der Waals surface area contributed by atoms with E-state index in [0.29, 0.717) is 5.69 Å². The average molecular weight is 326 g/mol. The Morgan fingerprint density at radius 2 is 1.86 bits per heavy atom. The third-order valence-corrected chi connectivity index (χ3v) is 3.76. The first-order chi connectivity index (χ1) is 10.3. The monoisotopic (exact) mass is 326 g/mol. The lowest BCUT2D eigenvalue weighted by atomic mass is 10.3. The molecule has 1 aromatic heterocycles. The third kappa shape index (κ3) is 2.92. The van der Waals surface area contributed by atoms with Crippen LogP contribution in [0.2, 0.25) is 0 Å². The van der Waals surface area contributed by atoms with Crippen molar-refractivity contribution >= 4 is 15.8 Å². The Balaban J connectivity index is 2.67. The summed E-state index contributed by atoms with van der Waals surface area (Å²) >= 11 is 0. The van der Waals surface area contributed by atoms with E-state index in [9.17, 15) is 18.1 Å². The van der Waals surface area contributed by atoms with Gasteiger partial charge in [-0.1, -0.05) is 18.2 Å². The van der Waals surface area contributed by atoms with Crippen LogP contribution in [0, 0.1) is 11.8 Å². The molecule has 0 radical (unpaired) electrons. The molecule has 2 aromatic rings. The Labute approximate surface area is 126 Å². The fraction of sp³-hybridized carbons (Fsp3) is 0.250. The molecule has 0 fully saturated rings. The molecule has 1 heterocycles. The Morgan fingerprint density at radius 1 is 1.27 bits per heavy atom. The highest BCUT2D eigenvalue weighted by molar-refractivity contribution is 7.85. The third-order valence-electron chi connectivity index (χ3n) is 3.04. The van der Waals surface area contributed by atoms with Crippen LogP contribution in [-0.4, -0.2) is 35.4 Å². The Bertz CT molecular complexity index is 854. The second-order valence-corrected chi connectivity index (χ2v) is 6.09. The van der Waals surface area contributed by atoms with E-state index in [4.69, 9.17) is 4.55 Å². The second kappa shape index (κ2) is 5.73. The summed E-state index contributed by atoms with van der Waals surface area (Å²) in [6, 6.07) is 8.32. The number of anilines is 1. The van der Waals surface area contributed by atoms with E-state index < -0.39 is 21.6 Å². The van der Waals surface area contributed by atoms with Gasteiger partial charge in [0, 0.05) is 7.05 Å². The van der Waals surface area contributed by atoms with E-state index in [1.54, 1.807) is 30.3 Å². The van der Waals surface area contributed by atoms with E-state index in [2.05, 4.69) is 5.29 Å². The first-order valence-electron chi connectivity index (χ1n) is 6.16. The molecule has 2 rings (SSSR count). The Hall–Kier alpha value is -2.46.